The van der Waals surface area contributed by atoms with Gasteiger partial charge >= 0.3 is 5.97 Å². The molecule has 1 N–H and O–H groups in total. The molecule has 0 amide bonds. The summed E-state index contributed by atoms with van der Waals surface area (Å²) in [7, 11) is 3.10. The molecule has 4 aromatic carbocycles. The number of methoxy groups -OCH3 is 2. The van der Waals surface area contributed by atoms with Gasteiger partial charge in [0, 0.05) is 35.5 Å². The lowest BCUT2D eigenvalue weighted by Crippen LogP contribution is -2.27. The molecule has 0 saturated carbocycles. The Morgan fingerprint density at radius 2 is 1.63 bits per heavy atom. The van der Waals surface area contributed by atoms with Gasteiger partial charge in [-0.3, -0.25) is 0 Å². The number of ether oxygens (including phenoxy) is 3. The second-order valence-electron chi connectivity index (χ2n) is 10.5. The fourth-order valence-corrected chi connectivity index (χ4v) is 5.35. The van der Waals surface area contributed by atoms with Crippen LogP contribution in [0, 0.1) is 5.82 Å². The maximum absolute atomic E-state index is 14.5. The number of fused-ring (bicyclic) bond motifs is 1. The minimum Gasteiger partial charge on any atom is -0.494 e. The van der Waals surface area contributed by atoms with E-state index in [9.17, 15) is 14.3 Å². The number of hydrogen-bond acceptors (Lipinski definition) is 4. The molecule has 0 radical (unpaired) electrons. The first-order chi connectivity index (χ1) is 19.7. The van der Waals surface area contributed by atoms with Gasteiger partial charge in [0.05, 0.1) is 30.2 Å². The molecular weight excluding hydrogens is 521 g/mol. The van der Waals surface area contributed by atoms with E-state index in [1.54, 1.807) is 31.4 Å². The monoisotopic (exact) mass is 553 g/mol. The molecule has 1 heterocycles. The lowest BCUT2D eigenvalue weighted by Gasteiger charge is -2.28. The van der Waals surface area contributed by atoms with Crippen LogP contribution in [-0.4, -0.2) is 36.5 Å². The summed E-state index contributed by atoms with van der Waals surface area (Å²) in [6.07, 6.45) is 0. The largest absolute Gasteiger partial charge is 0.494 e. The maximum atomic E-state index is 14.5. The average Bonchev–Trinajstić information content (AvgIpc) is 3.34. The van der Waals surface area contributed by atoms with Crippen molar-refractivity contribution in [3.8, 4) is 28.3 Å². The number of aromatic nitrogens is 1. The second-order valence-corrected chi connectivity index (χ2v) is 10.5. The van der Waals surface area contributed by atoms with Crippen molar-refractivity contribution < 1.29 is 28.5 Å². The molecule has 5 aromatic rings. The van der Waals surface area contributed by atoms with Crippen molar-refractivity contribution >= 4 is 16.9 Å². The SMILES string of the molecule is COCC(C)(C)c1c(-c2ccc(C(=O)O)cc2)c2c(OCc3ccccc3)cccc2n1-c1ccc(F)c(OC)c1. The molecule has 0 spiro atoms. The third kappa shape index (κ3) is 5.41. The van der Waals surface area contributed by atoms with Gasteiger partial charge < -0.3 is 23.9 Å². The second kappa shape index (κ2) is 11.5. The molecule has 0 fully saturated rings. The van der Waals surface area contributed by atoms with Crippen molar-refractivity contribution in [2.24, 2.45) is 0 Å². The highest BCUT2D eigenvalue weighted by atomic mass is 19.1. The van der Waals surface area contributed by atoms with Crippen molar-refractivity contribution in [3.05, 3.63) is 114 Å². The lowest BCUT2D eigenvalue weighted by molar-refractivity contribution is 0.0697. The first-order valence-electron chi connectivity index (χ1n) is 13.3. The number of aromatic carboxylic acids is 1. The fourth-order valence-electron chi connectivity index (χ4n) is 5.35. The van der Waals surface area contributed by atoms with Gasteiger partial charge in [-0.15, -0.1) is 0 Å². The van der Waals surface area contributed by atoms with Crippen LogP contribution in [-0.2, 0) is 16.8 Å². The summed E-state index contributed by atoms with van der Waals surface area (Å²) in [5.74, 6) is -0.652. The van der Waals surface area contributed by atoms with Gasteiger partial charge in [0.2, 0.25) is 0 Å². The Kier molecular flexibility index (Phi) is 7.81. The van der Waals surface area contributed by atoms with Crippen LogP contribution in [0.25, 0.3) is 27.7 Å². The van der Waals surface area contributed by atoms with E-state index >= 15 is 0 Å². The molecule has 0 saturated heterocycles. The molecule has 0 unspecified atom stereocenters. The molecule has 0 aliphatic rings. The predicted molar refractivity (Wildman–Crippen MR) is 158 cm³/mol. The molecule has 1 aromatic heterocycles. The molecule has 0 aliphatic heterocycles. The Labute approximate surface area is 238 Å². The van der Waals surface area contributed by atoms with Crippen molar-refractivity contribution in [2.75, 3.05) is 20.8 Å². The first kappa shape index (κ1) is 27.9. The summed E-state index contributed by atoms with van der Waals surface area (Å²) < 4.78 is 34.1. The first-order valence-corrected chi connectivity index (χ1v) is 13.3. The van der Waals surface area contributed by atoms with E-state index in [-0.39, 0.29) is 11.3 Å². The normalized spacial score (nSPS) is 11.5. The van der Waals surface area contributed by atoms with Gasteiger partial charge in [0.15, 0.2) is 11.6 Å². The smallest absolute Gasteiger partial charge is 0.335 e. The summed E-state index contributed by atoms with van der Waals surface area (Å²) in [5.41, 5.74) is 4.85. The Balaban J connectivity index is 1.86. The third-order valence-corrected chi connectivity index (χ3v) is 7.15. The van der Waals surface area contributed by atoms with Crippen LogP contribution < -0.4 is 9.47 Å². The maximum Gasteiger partial charge on any atom is 0.335 e. The summed E-state index contributed by atoms with van der Waals surface area (Å²) in [5, 5.41) is 10.4. The Hall–Kier alpha value is -4.62. The highest BCUT2D eigenvalue weighted by Gasteiger charge is 2.33. The number of halogens is 1. The van der Waals surface area contributed by atoms with E-state index in [1.807, 2.05) is 60.7 Å². The van der Waals surface area contributed by atoms with Crippen molar-refractivity contribution in [1.82, 2.24) is 4.57 Å². The van der Waals surface area contributed by atoms with E-state index < -0.39 is 17.2 Å². The number of benzene rings is 4. The quantitative estimate of drug-likeness (QED) is 0.192. The Morgan fingerprint density at radius 3 is 2.29 bits per heavy atom. The van der Waals surface area contributed by atoms with E-state index in [4.69, 9.17) is 14.2 Å². The highest BCUT2D eigenvalue weighted by Crippen LogP contribution is 2.47. The predicted octanol–water partition coefficient (Wildman–Crippen LogP) is 7.65. The van der Waals surface area contributed by atoms with E-state index in [1.165, 1.54) is 13.2 Å². The number of carbonyl (C=O) groups is 1. The molecular formula is C34H32FNO5. The van der Waals surface area contributed by atoms with Crippen LogP contribution in [0.3, 0.4) is 0 Å². The molecule has 0 bridgehead atoms. The van der Waals surface area contributed by atoms with Crippen molar-refractivity contribution in [1.29, 1.82) is 0 Å². The molecule has 7 heteroatoms. The molecule has 41 heavy (non-hydrogen) atoms. The van der Waals surface area contributed by atoms with E-state index in [0.29, 0.717) is 24.7 Å². The number of carboxylic acid groups (broad SMARTS) is 1. The topological polar surface area (TPSA) is 69.9 Å². The van der Waals surface area contributed by atoms with Crippen molar-refractivity contribution in [3.63, 3.8) is 0 Å². The lowest BCUT2D eigenvalue weighted by atomic mass is 9.84. The van der Waals surface area contributed by atoms with Crippen molar-refractivity contribution in [2.45, 2.75) is 25.9 Å². The Bertz CT molecular complexity index is 1690. The zero-order valence-corrected chi connectivity index (χ0v) is 23.5. The molecule has 0 atom stereocenters. The van der Waals surface area contributed by atoms with Gasteiger partial charge in [-0.05, 0) is 47.5 Å². The molecule has 6 nitrogen and oxygen atoms in total. The Morgan fingerprint density at radius 1 is 0.902 bits per heavy atom. The van der Waals surface area contributed by atoms with Crippen LogP contribution >= 0.6 is 0 Å². The van der Waals surface area contributed by atoms with Crippen LogP contribution in [0.1, 0.15) is 35.5 Å². The summed E-state index contributed by atoms with van der Waals surface area (Å²) in [6, 6.07) is 27.4. The standard InChI is InChI=1S/C34H32FNO5/c1-34(2,21-39-3)32-30(23-13-15-24(16-14-23)33(37)38)31-27(36(32)25-17-18-26(35)29(19-25)40-4)11-8-12-28(31)41-20-22-9-6-5-7-10-22/h5-19H,20-21H2,1-4H3,(H,37,38). The highest BCUT2D eigenvalue weighted by molar-refractivity contribution is 6.04. The molecule has 210 valence electrons. The van der Waals surface area contributed by atoms with Gasteiger partial charge in [-0.2, -0.15) is 0 Å². The van der Waals surface area contributed by atoms with Crippen LogP contribution in [0.4, 0.5) is 4.39 Å². The number of rotatable bonds is 10. The zero-order valence-electron chi connectivity index (χ0n) is 23.5. The summed E-state index contributed by atoms with van der Waals surface area (Å²) >= 11 is 0. The summed E-state index contributed by atoms with van der Waals surface area (Å²) in [4.78, 5) is 11.6. The van der Waals surface area contributed by atoms with Gasteiger partial charge in [0.25, 0.3) is 0 Å². The fraction of sp³-hybridized carbons (Fsp3) is 0.206. The molecule has 5 rings (SSSR count). The van der Waals surface area contributed by atoms with Crippen LogP contribution in [0.15, 0.2) is 91.0 Å². The number of nitrogens with zero attached hydrogens (tertiary/aromatic N) is 1. The minimum atomic E-state index is -0.996. The van der Waals surface area contributed by atoms with Crippen LogP contribution in [0.5, 0.6) is 11.5 Å². The number of carboxylic acids is 1. The van der Waals surface area contributed by atoms with Gasteiger partial charge in [-0.25, -0.2) is 9.18 Å². The van der Waals surface area contributed by atoms with Gasteiger partial charge in [-0.1, -0.05) is 62.4 Å². The van der Waals surface area contributed by atoms with E-state index in [2.05, 4.69) is 18.4 Å². The average molecular weight is 554 g/mol. The van der Waals surface area contributed by atoms with E-state index in [0.717, 1.165) is 33.3 Å². The molecule has 0 aliphatic carbocycles. The van der Waals surface area contributed by atoms with Gasteiger partial charge in [0.1, 0.15) is 12.4 Å². The number of hydrogen-bond donors (Lipinski definition) is 1. The third-order valence-electron chi connectivity index (χ3n) is 7.15. The minimum absolute atomic E-state index is 0.128. The summed E-state index contributed by atoms with van der Waals surface area (Å²) in [6.45, 7) is 4.93. The van der Waals surface area contributed by atoms with Crippen LogP contribution in [0.2, 0.25) is 0 Å². The zero-order chi connectivity index (χ0) is 29.1.